The van der Waals surface area contributed by atoms with Crippen LogP contribution in [-0.4, -0.2) is 37.5 Å². The molecule has 0 aromatic heterocycles. The Morgan fingerprint density at radius 2 is 2.15 bits per heavy atom. The van der Waals surface area contributed by atoms with Gasteiger partial charge in [0.2, 0.25) is 0 Å². The molecule has 0 rings (SSSR count). The van der Waals surface area contributed by atoms with E-state index in [4.69, 9.17) is 14.6 Å². The third kappa shape index (κ3) is 6.31. The van der Waals surface area contributed by atoms with Gasteiger partial charge in [-0.3, -0.25) is 0 Å². The minimum atomic E-state index is -0.915. The van der Waals surface area contributed by atoms with Crippen molar-refractivity contribution in [2.24, 2.45) is 0 Å². The SMILES string of the molecule is COCCOC(C)C=C(C)C(=O)O. The van der Waals surface area contributed by atoms with E-state index < -0.39 is 5.97 Å². The Hall–Kier alpha value is -0.870. The second kappa shape index (κ2) is 6.62. The van der Waals surface area contributed by atoms with Gasteiger partial charge in [0, 0.05) is 12.7 Å². The van der Waals surface area contributed by atoms with Gasteiger partial charge in [0.1, 0.15) is 0 Å². The molecule has 0 saturated heterocycles. The van der Waals surface area contributed by atoms with Crippen LogP contribution in [-0.2, 0) is 14.3 Å². The summed E-state index contributed by atoms with van der Waals surface area (Å²) >= 11 is 0. The van der Waals surface area contributed by atoms with Gasteiger partial charge < -0.3 is 14.6 Å². The second-order valence-corrected chi connectivity index (χ2v) is 2.72. The fraction of sp³-hybridized carbons (Fsp3) is 0.667. The van der Waals surface area contributed by atoms with Crippen LogP contribution in [0.2, 0.25) is 0 Å². The van der Waals surface area contributed by atoms with Crippen molar-refractivity contribution in [2.75, 3.05) is 20.3 Å². The number of methoxy groups -OCH3 is 1. The monoisotopic (exact) mass is 188 g/mol. The van der Waals surface area contributed by atoms with Gasteiger partial charge >= 0.3 is 5.97 Å². The number of carboxylic acids is 1. The number of aliphatic carboxylic acids is 1. The summed E-state index contributed by atoms with van der Waals surface area (Å²) in [4.78, 5) is 10.4. The number of rotatable bonds is 6. The minimum Gasteiger partial charge on any atom is -0.478 e. The zero-order chi connectivity index (χ0) is 10.3. The van der Waals surface area contributed by atoms with E-state index in [1.807, 2.05) is 0 Å². The van der Waals surface area contributed by atoms with Gasteiger partial charge in [0.05, 0.1) is 19.3 Å². The van der Waals surface area contributed by atoms with Gasteiger partial charge in [0.15, 0.2) is 0 Å². The van der Waals surface area contributed by atoms with E-state index in [2.05, 4.69) is 0 Å². The van der Waals surface area contributed by atoms with Crippen molar-refractivity contribution in [3.05, 3.63) is 11.6 Å². The summed E-state index contributed by atoms with van der Waals surface area (Å²) in [6.07, 6.45) is 1.38. The van der Waals surface area contributed by atoms with Crippen molar-refractivity contribution in [1.29, 1.82) is 0 Å². The van der Waals surface area contributed by atoms with Crippen LogP contribution in [0.1, 0.15) is 13.8 Å². The Bertz CT molecular complexity index is 186. The Morgan fingerprint density at radius 3 is 2.62 bits per heavy atom. The molecule has 0 radical (unpaired) electrons. The maximum atomic E-state index is 10.4. The van der Waals surface area contributed by atoms with Gasteiger partial charge in [-0.25, -0.2) is 4.79 Å². The molecule has 0 aliphatic heterocycles. The normalized spacial score (nSPS) is 14.2. The lowest BCUT2D eigenvalue weighted by Crippen LogP contribution is -2.11. The first kappa shape index (κ1) is 12.1. The molecule has 0 heterocycles. The van der Waals surface area contributed by atoms with Crippen molar-refractivity contribution in [3.63, 3.8) is 0 Å². The van der Waals surface area contributed by atoms with Crippen LogP contribution in [0.3, 0.4) is 0 Å². The lowest BCUT2D eigenvalue weighted by molar-refractivity contribution is -0.132. The van der Waals surface area contributed by atoms with Crippen molar-refractivity contribution >= 4 is 5.97 Å². The van der Waals surface area contributed by atoms with Crippen LogP contribution >= 0.6 is 0 Å². The van der Waals surface area contributed by atoms with Crippen LogP contribution in [0.25, 0.3) is 0 Å². The molecule has 0 aliphatic carbocycles. The number of hydrogen-bond acceptors (Lipinski definition) is 3. The summed E-state index contributed by atoms with van der Waals surface area (Å²) in [7, 11) is 1.59. The molecule has 4 nitrogen and oxygen atoms in total. The molecule has 1 N–H and O–H groups in total. The van der Waals surface area contributed by atoms with E-state index in [9.17, 15) is 4.79 Å². The molecule has 0 amide bonds. The average Bonchev–Trinajstić information content (AvgIpc) is 2.04. The molecule has 76 valence electrons. The molecule has 0 spiro atoms. The molecule has 13 heavy (non-hydrogen) atoms. The summed E-state index contributed by atoms with van der Waals surface area (Å²) in [5.41, 5.74) is 0.296. The zero-order valence-electron chi connectivity index (χ0n) is 8.24. The van der Waals surface area contributed by atoms with Crippen LogP contribution < -0.4 is 0 Å². The highest BCUT2D eigenvalue weighted by molar-refractivity contribution is 5.85. The lowest BCUT2D eigenvalue weighted by Gasteiger charge is -2.08. The molecule has 0 saturated carbocycles. The van der Waals surface area contributed by atoms with Gasteiger partial charge in [-0.15, -0.1) is 0 Å². The molecule has 0 aliphatic rings. The summed E-state index contributed by atoms with van der Waals surface area (Å²) in [6, 6.07) is 0. The van der Waals surface area contributed by atoms with Crippen molar-refractivity contribution < 1.29 is 19.4 Å². The van der Waals surface area contributed by atoms with E-state index in [0.29, 0.717) is 18.8 Å². The van der Waals surface area contributed by atoms with Crippen LogP contribution in [0, 0.1) is 0 Å². The summed E-state index contributed by atoms with van der Waals surface area (Å²) in [5, 5.41) is 8.55. The number of ether oxygens (including phenoxy) is 2. The quantitative estimate of drug-likeness (QED) is 0.500. The first-order valence-electron chi connectivity index (χ1n) is 4.10. The highest BCUT2D eigenvalue weighted by Gasteiger charge is 2.03. The maximum Gasteiger partial charge on any atom is 0.331 e. The van der Waals surface area contributed by atoms with Crippen LogP contribution in [0.4, 0.5) is 0 Å². The first-order chi connectivity index (χ1) is 6.07. The highest BCUT2D eigenvalue weighted by atomic mass is 16.5. The second-order valence-electron chi connectivity index (χ2n) is 2.72. The summed E-state index contributed by atoms with van der Waals surface area (Å²) in [5.74, 6) is -0.915. The standard InChI is InChI=1S/C9H16O4/c1-7(9(10)11)6-8(2)13-5-4-12-3/h6,8H,4-5H2,1-3H3,(H,10,11). The molecule has 0 fully saturated rings. The molecule has 1 atom stereocenters. The molecular weight excluding hydrogens is 172 g/mol. The average molecular weight is 188 g/mol. The molecule has 1 unspecified atom stereocenters. The third-order valence-corrected chi connectivity index (χ3v) is 1.49. The maximum absolute atomic E-state index is 10.4. The Labute approximate surface area is 78.2 Å². The summed E-state index contributed by atoms with van der Waals surface area (Å²) < 4.78 is 10.0. The lowest BCUT2D eigenvalue weighted by atomic mass is 10.2. The predicted octanol–water partition coefficient (Wildman–Crippen LogP) is 1.07. The van der Waals surface area contributed by atoms with E-state index in [1.54, 1.807) is 27.0 Å². The predicted molar refractivity (Wildman–Crippen MR) is 48.7 cm³/mol. The fourth-order valence-corrected chi connectivity index (χ4v) is 0.789. The number of carboxylic acid groups (broad SMARTS) is 1. The number of hydrogen-bond donors (Lipinski definition) is 1. The van der Waals surface area contributed by atoms with Gasteiger partial charge in [0.25, 0.3) is 0 Å². The first-order valence-corrected chi connectivity index (χ1v) is 4.10. The third-order valence-electron chi connectivity index (χ3n) is 1.49. The molecular formula is C9H16O4. The topological polar surface area (TPSA) is 55.8 Å². The van der Waals surface area contributed by atoms with Crippen molar-refractivity contribution in [3.8, 4) is 0 Å². The molecule has 0 bridgehead atoms. The summed E-state index contributed by atoms with van der Waals surface area (Å²) in [6.45, 7) is 4.33. The molecule has 4 heteroatoms. The Morgan fingerprint density at radius 1 is 1.54 bits per heavy atom. The van der Waals surface area contributed by atoms with Gasteiger partial charge in [-0.05, 0) is 19.9 Å². The van der Waals surface area contributed by atoms with Crippen LogP contribution in [0.5, 0.6) is 0 Å². The minimum absolute atomic E-state index is 0.189. The Balaban J connectivity index is 3.78. The van der Waals surface area contributed by atoms with Gasteiger partial charge in [-0.2, -0.15) is 0 Å². The van der Waals surface area contributed by atoms with Gasteiger partial charge in [-0.1, -0.05) is 0 Å². The van der Waals surface area contributed by atoms with E-state index >= 15 is 0 Å². The largest absolute Gasteiger partial charge is 0.478 e. The van der Waals surface area contributed by atoms with Crippen molar-refractivity contribution in [2.45, 2.75) is 20.0 Å². The van der Waals surface area contributed by atoms with Crippen molar-refractivity contribution in [1.82, 2.24) is 0 Å². The smallest absolute Gasteiger partial charge is 0.331 e. The Kier molecular flexibility index (Phi) is 6.18. The van der Waals surface area contributed by atoms with Crippen LogP contribution in [0.15, 0.2) is 11.6 Å². The number of carbonyl (C=O) groups is 1. The molecule has 0 aromatic carbocycles. The van der Waals surface area contributed by atoms with E-state index in [-0.39, 0.29) is 6.10 Å². The zero-order valence-corrected chi connectivity index (χ0v) is 8.24. The molecule has 0 aromatic rings. The van der Waals surface area contributed by atoms with E-state index in [1.165, 1.54) is 0 Å². The van der Waals surface area contributed by atoms with E-state index in [0.717, 1.165) is 0 Å². The highest BCUT2D eigenvalue weighted by Crippen LogP contribution is 1.99. The fourth-order valence-electron chi connectivity index (χ4n) is 0.789.